The predicted octanol–water partition coefficient (Wildman–Crippen LogP) is 4.62. The number of carbonyl (C=O) groups is 4. The molecule has 6 atom stereocenters. The Labute approximate surface area is 259 Å². The number of hydrogen-bond acceptors (Lipinski definition) is 8. The van der Waals surface area contributed by atoms with Crippen molar-refractivity contribution in [1.82, 2.24) is 5.06 Å². The van der Waals surface area contributed by atoms with Crippen LogP contribution in [0.5, 0.6) is 17.2 Å². The standard InChI is InChI=1S/C36H31NO8/c1-44-21-15-27(38)31(28(16-21)45-2)32-22-13-14-23-30(35(42)37(43)34(23)41)25(22)17-26-33(40)24(19-9-5-3-6-10-19)18-29(39)36(26,32)20-11-7-4-8-12-20/h3-13,15-16,18,23,25-26,30,32,38,43H,14,17H2,1-2H3/t23-,25+,26-,30-,32+,36-/m0/s1. The van der Waals surface area contributed by atoms with E-state index in [2.05, 4.69) is 0 Å². The van der Waals surface area contributed by atoms with Crippen LogP contribution >= 0.6 is 0 Å². The first-order valence-electron chi connectivity index (χ1n) is 14.9. The van der Waals surface area contributed by atoms with Crippen LogP contribution in [-0.4, -0.2) is 53.0 Å². The van der Waals surface area contributed by atoms with E-state index in [0.717, 1.165) is 0 Å². The van der Waals surface area contributed by atoms with Crippen LogP contribution in [0.25, 0.3) is 5.57 Å². The lowest BCUT2D eigenvalue weighted by atomic mass is 9.44. The summed E-state index contributed by atoms with van der Waals surface area (Å²) in [5.41, 5.74) is 0.823. The molecule has 2 N–H and O–H groups in total. The van der Waals surface area contributed by atoms with Gasteiger partial charge < -0.3 is 14.6 Å². The number of phenols is 1. The van der Waals surface area contributed by atoms with Crippen molar-refractivity contribution in [2.45, 2.75) is 24.2 Å². The minimum atomic E-state index is -1.53. The second kappa shape index (κ2) is 10.6. The Kier molecular flexibility index (Phi) is 6.74. The fourth-order valence-electron chi connectivity index (χ4n) is 8.34. The summed E-state index contributed by atoms with van der Waals surface area (Å²) >= 11 is 0. The van der Waals surface area contributed by atoms with E-state index in [4.69, 9.17) is 9.47 Å². The molecule has 4 aliphatic rings. The van der Waals surface area contributed by atoms with E-state index < -0.39 is 46.8 Å². The molecular weight excluding hydrogens is 574 g/mol. The smallest absolute Gasteiger partial charge is 0.257 e. The fraction of sp³-hybridized carbons (Fsp3) is 0.278. The van der Waals surface area contributed by atoms with Crippen molar-refractivity contribution in [3.05, 3.63) is 107 Å². The van der Waals surface area contributed by atoms with Crippen LogP contribution in [0, 0.1) is 23.7 Å². The lowest BCUT2D eigenvalue weighted by molar-refractivity contribution is -0.173. The number of ether oxygens (including phenoxy) is 2. The van der Waals surface area contributed by atoms with Gasteiger partial charge in [-0.3, -0.25) is 24.4 Å². The van der Waals surface area contributed by atoms with Crippen LogP contribution in [-0.2, 0) is 24.6 Å². The molecule has 3 aromatic rings. The highest BCUT2D eigenvalue weighted by Gasteiger charge is 2.66. The molecule has 2 fully saturated rings. The van der Waals surface area contributed by atoms with Gasteiger partial charge in [0.1, 0.15) is 17.2 Å². The van der Waals surface area contributed by atoms with Gasteiger partial charge in [-0.2, -0.15) is 5.06 Å². The average Bonchev–Trinajstić information content (AvgIpc) is 3.29. The number of hydroxylamine groups is 2. The fourth-order valence-corrected chi connectivity index (χ4v) is 8.34. The summed E-state index contributed by atoms with van der Waals surface area (Å²) in [5, 5.41) is 22.3. The van der Waals surface area contributed by atoms with Gasteiger partial charge in [-0.15, -0.1) is 0 Å². The second-order valence-corrected chi connectivity index (χ2v) is 12.0. The number of benzene rings is 3. The largest absolute Gasteiger partial charge is 0.507 e. The zero-order valence-corrected chi connectivity index (χ0v) is 24.7. The quantitative estimate of drug-likeness (QED) is 0.245. The van der Waals surface area contributed by atoms with Gasteiger partial charge in [0.15, 0.2) is 11.6 Å². The van der Waals surface area contributed by atoms with Crippen molar-refractivity contribution < 1.29 is 39.0 Å². The number of rotatable bonds is 5. The SMILES string of the molecule is COc1cc(O)c([C@H]2C3=CC[C@@H]4C(=O)N(O)C(=O)[C@@H]4[C@@H]3C[C@H]3C(=O)C(c4ccccc4)=CC(=O)[C@@]23c2ccccc2)c(OC)c1. The van der Waals surface area contributed by atoms with Crippen LogP contribution < -0.4 is 9.47 Å². The Balaban J connectivity index is 1.57. The second-order valence-electron chi connectivity index (χ2n) is 12.0. The molecule has 45 heavy (non-hydrogen) atoms. The molecule has 9 heteroatoms. The molecule has 9 nitrogen and oxygen atoms in total. The maximum atomic E-state index is 15.0. The van der Waals surface area contributed by atoms with Gasteiger partial charge in [0.25, 0.3) is 11.8 Å². The number of nitrogens with zero attached hydrogens (tertiary/aromatic N) is 1. The molecule has 0 bridgehead atoms. The highest BCUT2D eigenvalue weighted by Crippen LogP contribution is 2.65. The zero-order chi connectivity index (χ0) is 31.6. The summed E-state index contributed by atoms with van der Waals surface area (Å²) in [4.78, 5) is 56.2. The van der Waals surface area contributed by atoms with Crippen molar-refractivity contribution in [2.24, 2.45) is 23.7 Å². The summed E-state index contributed by atoms with van der Waals surface area (Å²) in [7, 11) is 2.90. The molecule has 2 amide bonds. The topological polar surface area (TPSA) is 130 Å². The lowest BCUT2D eigenvalue weighted by Gasteiger charge is -2.55. The number of methoxy groups -OCH3 is 2. The van der Waals surface area contributed by atoms with Gasteiger partial charge in [-0.05, 0) is 36.0 Å². The van der Waals surface area contributed by atoms with Gasteiger partial charge in [0, 0.05) is 35.1 Å². The minimum absolute atomic E-state index is 0.0826. The summed E-state index contributed by atoms with van der Waals surface area (Å²) in [5.74, 6) is -6.01. The number of allylic oxidation sites excluding steroid dienone is 4. The molecule has 3 aliphatic carbocycles. The Morgan fingerprint density at radius 2 is 1.56 bits per heavy atom. The van der Waals surface area contributed by atoms with Crippen molar-refractivity contribution >= 4 is 29.0 Å². The monoisotopic (exact) mass is 605 g/mol. The Bertz CT molecular complexity index is 1810. The van der Waals surface area contributed by atoms with E-state index in [1.165, 1.54) is 26.4 Å². The van der Waals surface area contributed by atoms with E-state index in [1.54, 1.807) is 42.5 Å². The van der Waals surface area contributed by atoms with Gasteiger partial charge in [0.05, 0.1) is 31.5 Å². The first-order valence-corrected chi connectivity index (χ1v) is 14.9. The van der Waals surface area contributed by atoms with Crippen molar-refractivity contribution in [3.8, 4) is 17.2 Å². The third kappa shape index (κ3) is 3.96. The highest BCUT2D eigenvalue weighted by atomic mass is 16.5. The maximum absolute atomic E-state index is 15.0. The summed E-state index contributed by atoms with van der Waals surface area (Å²) in [6.45, 7) is 0. The Hall–Kier alpha value is -5.02. The number of hydrogen-bond donors (Lipinski definition) is 2. The molecular formula is C36H31NO8. The molecule has 0 radical (unpaired) electrons. The third-order valence-electron chi connectivity index (χ3n) is 10.2. The van der Waals surface area contributed by atoms with E-state index in [9.17, 15) is 29.5 Å². The molecule has 7 rings (SSSR count). The van der Waals surface area contributed by atoms with E-state index >= 15 is 0 Å². The van der Waals surface area contributed by atoms with Crippen LogP contribution in [0.1, 0.15) is 35.4 Å². The molecule has 228 valence electrons. The molecule has 0 unspecified atom stereocenters. The zero-order valence-electron chi connectivity index (χ0n) is 24.7. The molecule has 1 aliphatic heterocycles. The number of Topliss-reactive ketones (excluding diaryl/α,β-unsaturated/α-hetero) is 1. The first-order chi connectivity index (χ1) is 21.7. The normalized spacial score (nSPS) is 29.0. The Morgan fingerprint density at radius 1 is 0.867 bits per heavy atom. The molecule has 1 saturated heterocycles. The van der Waals surface area contributed by atoms with Crippen molar-refractivity contribution in [3.63, 3.8) is 0 Å². The number of amides is 2. The minimum Gasteiger partial charge on any atom is -0.507 e. The highest BCUT2D eigenvalue weighted by molar-refractivity contribution is 6.31. The average molecular weight is 606 g/mol. The van der Waals surface area contributed by atoms with Crippen LogP contribution in [0.4, 0.5) is 0 Å². The number of carbonyl (C=O) groups excluding carboxylic acids is 4. The number of imide groups is 1. The molecule has 3 aromatic carbocycles. The van der Waals surface area contributed by atoms with E-state index in [1.807, 2.05) is 30.3 Å². The van der Waals surface area contributed by atoms with Crippen LogP contribution in [0.2, 0.25) is 0 Å². The van der Waals surface area contributed by atoms with Crippen molar-refractivity contribution in [2.75, 3.05) is 14.2 Å². The van der Waals surface area contributed by atoms with E-state index in [0.29, 0.717) is 22.4 Å². The van der Waals surface area contributed by atoms with Gasteiger partial charge in [-0.25, -0.2) is 0 Å². The molecule has 0 aromatic heterocycles. The van der Waals surface area contributed by atoms with Crippen LogP contribution in [0.15, 0.2) is 90.5 Å². The van der Waals surface area contributed by atoms with Crippen molar-refractivity contribution in [1.29, 1.82) is 0 Å². The van der Waals surface area contributed by atoms with Crippen LogP contribution in [0.3, 0.4) is 0 Å². The third-order valence-corrected chi connectivity index (χ3v) is 10.2. The lowest BCUT2D eigenvalue weighted by Crippen LogP contribution is -2.58. The number of aromatic hydroxyl groups is 1. The van der Waals surface area contributed by atoms with Gasteiger partial charge in [0.2, 0.25) is 0 Å². The molecule has 0 spiro atoms. The summed E-state index contributed by atoms with van der Waals surface area (Å²) < 4.78 is 11.2. The number of fused-ring (bicyclic) bond motifs is 4. The maximum Gasteiger partial charge on any atom is 0.257 e. The summed E-state index contributed by atoms with van der Waals surface area (Å²) in [6, 6.07) is 21.1. The van der Waals surface area contributed by atoms with E-state index in [-0.39, 0.29) is 52.1 Å². The summed E-state index contributed by atoms with van der Waals surface area (Å²) in [6.07, 6.45) is 3.49. The molecule has 1 heterocycles. The first kappa shape index (κ1) is 28.7. The predicted molar refractivity (Wildman–Crippen MR) is 161 cm³/mol. The number of ketones is 2. The molecule has 1 saturated carbocycles. The Morgan fingerprint density at radius 3 is 2.22 bits per heavy atom. The number of phenolic OH excluding ortho intramolecular Hbond substituents is 1. The van der Waals surface area contributed by atoms with Gasteiger partial charge in [-0.1, -0.05) is 72.3 Å². The van der Waals surface area contributed by atoms with Gasteiger partial charge >= 0.3 is 0 Å².